The van der Waals surface area contributed by atoms with Gasteiger partial charge in [0.1, 0.15) is 12.6 Å². The van der Waals surface area contributed by atoms with Crippen LogP contribution in [0.25, 0.3) is 0 Å². The normalized spacial score (nSPS) is 17.3. The minimum Gasteiger partial charge on any atom is -0.355 e. The molecule has 1 aliphatic rings. The zero-order valence-corrected chi connectivity index (χ0v) is 14.2. The number of benzene rings is 1. The first-order valence-electron chi connectivity index (χ1n) is 8.41. The van der Waals surface area contributed by atoms with Crippen LogP contribution in [0.4, 0.5) is 4.79 Å². The van der Waals surface area contributed by atoms with Crippen LogP contribution >= 0.6 is 0 Å². The van der Waals surface area contributed by atoms with E-state index in [9.17, 15) is 14.4 Å². The molecule has 6 nitrogen and oxygen atoms in total. The Labute approximate surface area is 142 Å². The van der Waals surface area contributed by atoms with Crippen molar-refractivity contribution in [1.29, 1.82) is 0 Å². The SMILES string of the molecule is CC(C)[C@H]1NC(=O)N(CC(=O)NCCCCc2ccccc2)C1=O. The van der Waals surface area contributed by atoms with Gasteiger partial charge in [-0.05, 0) is 30.7 Å². The molecule has 1 fully saturated rings. The predicted octanol–water partition coefficient (Wildman–Crippen LogP) is 1.70. The molecule has 1 aliphatic heterocycles. The fourth-order valence-corrected chi connectivity index (χ4v) is 2.67. The van der Waals surface area contributed by atoms with Crippen molar-refractivity contribution in [2.24, 2.45) is 5.92 Å². The van der Waals surface area contributed by atoms with Crippen LogP contribution in [0.2, 0.25) is 0 Å². The summed E-state index contributed by atoms with van der Waals surface area (Å²) in [6, 6.07) is 9.17. The molecule has 4 amide bonds. The Bertz CT molecular complexity index is 586. The summed E-state index contributed by atoms with van der Waals surface area (Å²) in [6.07, 6.45) is 2.80. The number of urea groups is 1. The molecule has 0 aliphatic carbocycles. The lowest BCUT2D eigenvalue weighted by atomic mass is 10.1. The quantitative estimate of drug-likeness (QED) is 0.562. The maximum atomic E-state index is 12.1. The number of nitrogens with zero attached hydrogens (tertiary/aromatic N) is 1. The summed E-state index contributed by atoms with van der Waals surface area (Å²) in [6.45, 7) is 4.05. The average molecular weight is 331 g/mol. The number of rotatable bonds is 8. The minimum atomic E-state index is -0.531. The van der Waals surface area contributed by atoms with Crippen LogP contribution in [0.15, 0.2) is 30.3 Å². The standard InChI is InChI=1S/C18H25N3O3/c1-13(2)16-17(23)21(18(24)20-16)12-15(22)19-11-7-6-10-14-8-4-3-5-9-14/h3-5,8-9,13,16H,6-7,10-12H2,1-2H3,(H,19,22)(H,20,24)/t16-/m1/s1. The van der Waals surface area contributed by atoms with E-state index in [1.54, 1.807) is 0 Å². The first-order chi connectivity index (χ1) is 11.5. The number of unbranched alkanes of at least 4 members (excludes halogenated alkanes) is 1. The third kappa shape index (κ3) is 4.81. The highest BCUT2D eigenvalue weighted by Gasteiger charge is 2.40. The van der Waals surface area contributed by atoms with E-state index in [0.29, 0.717) is 6.54 Å². The number of imide groups is 1. The van der Waals surface area contributed by atoms with Crippen molar-refractivity contribution < 1.29 is 14.4 Å². The van der Waals surface area contributed by atoms with Crippen molar-refractivity contribution in [2.45, 2.75) is 39.2 Å². The molecule has 130 valence electrons. The van der Waals surface area contributed by atoms with Gasteiger partial charge < -0.3 is 10.6 Å². The summed E-state index contributed by atoms with van der Waals surface area (Å²) in [5.74, 6) is -0.621. The van der Waals surface area contributed by atoms with E-state index in [0.717, 1.165) is 24.2 Å². The molecule has 2 rings (SSSR count). The third-order valence-electron chi connectivity index (χ3n) is 4.08. The summed E-state index contributed by atoms with van der Waals surface area (Å²) in [4.78, 5) is 36.8. The maximum Gasteiger partial charge on any atom is 0.325 e. The maximum absolute atomic E-state index is 12.1. The van der Waals surface area contributed by atoms with E-state index in [4.69, 9.17) is 0 Å². The van der Waals surface area contributed by atoms with Gasteiger partial charge in [0.2, 0.25) is 5.91 Å². The van der Waals surface area contributed by atoms with Gasteiger partial charge in [-0.15, -0.1) is 0 Å². The summed E-state index contributed by atoms with van der Waals surface area (Å²) < 4.78 is 0. The molecule has 24 heavy (non-hydrogen) atoms. The second-order valence-electron chi connectivity index (χ2n) is 6.39. The first kappa shape index (κ1) is 18.0. The van der Waals surface area contributed by atoms with E-state index in [1.807, 2.05) is 32.0 Å². The highest BCUT2D eigenvalue weighted by Crippen LogP contribution is 2.13. The third-order valence-corrected chi connectivity index (χ3v) is 4.08. The molecule has 2 N–H and O–H groups in total. The molecule has 1 heterocycles. The fraction of sp³-hybridized carbons (Fsp3) is 0.500. The zero-order valence-electron chi connectivity index (χ0n) is 14.2. The van der Waals surface area contributed by atoms with E-state index in [-0.39, 0.29) is 24.3 Å². The lowest BCUT2D eigenvalue weighted by molar-refractivity contribution is -0.132. The van der Waals surface area contributed by atoms with Gasteiger partial charge in [-0.3, -0.25) is 14.5 Å². The van der Waals surface area contributed by atoms with Gasteiger partial charge in [0.25, 0.3) is 5.91 Å². The van der Waals surface area contributed by atoms with Crippen LogP contribution in [-0.2, 0) is 16.0 Å². The molecule has 0 radical (unpaired) electrons. The lowest BCUT2D eigenvalue weighted by Gasteiger charge is -2.14. The van der Waals surface area contributed by atoms with Crippen molar-refractivity contribution >= 4 is 17.8 Å². The minimum absolute atomic E-state index is 0.00694. The molecular weight excluding hydrogens is 306 g/mol. The second-order valence-corrected chi connectivity index (χ2v) is 6.39. The fourth-order valence-electron chi connectivity index (χ4n) is 2.67. The molecule has 0 saturated carbocycles. The lowest BCUT2D eigenvalue weighted by Crippen LogP contribution is -2.41. The van der Waals surface area contributed by atoms with Crippen molar-refractivity contribution in [3.05, 3.63) is 35.9 Å². The number of hydrogen-bond donors (Lipinski definition) is 2. The van der Waals surface area contributed by atoms with Crippen LogP contribution in [0.1, 0.15) is 32.3 Å². The summed E-state index contributed by atoms with van der Waals surface area (Å²) in [5.41, 5.74) is 1.28. The van der Waals surface area contributed by atoms with E-state index in [1.165, 1.54) is 5.56 Å². The van der Waals surface area contributed by atoms with Crippen LogP contribution < -0.4 is 10.6 Å². The van der Waals surface area contributed by atoms with Crippen molar-refractivity contribution in [2.75, 3.05) is 13.1 Å². The highest BCUT2D eigenvalue weighted by molar-refractivity contribution is 6.06. The monoisotopic (exact) mass is 331 g/mol. The molecule has 0 bridgehead atoms. The molecule has 1 aromatic carbocycles. The smallest absolute Gasteiger partial charge is 0.325 e. The number of nitrogens with one attached hydrogen (secondary N) is 2. The molecule has 6 heteroatoms. The summed E-state index contributed by atoms with van der Waals surface area (Å²) in [7, 11) is 0. The Hall–Kier alpha value is -2.37. The average Bonchev–Trinajstić information content (AvgIpc) is 2.84. The van der Waals surface area contributed by atoms with Gasteiger partial charge in [0.05, 0.1) is 0 Å². The molecule has 0 aromatic heterocycles. The van der Waals surface area contributed by atoms with Crippen LogP contribution in [0.5, 0.6) is 0 Å². The number of aryl methyl sites for hydroxylation is 1. The highest BCUT2D eigenvalue weighted by atomic mass is 16.2. The molecular formula is C18H25N3O3. The van der Waals surface area contributed by atoms with E-state index in [2.05, 4.69) is 22.8 Å². The van der Waals surface area contributed by atoms with Gasteiger partial charge in [-0.1, -0.05) is 44.2 Å². The topological polar surface area (TPSA) is 78.5 Å². The van der Waals surface area contributed by atoms with Gasteiger partial charge in [0.15, 0.2) is 0 Å². The Morgan fingerprint density at radius 1 is 1.21 bits per heavy atom. The van der Waals surface area contributed by atoms with Gasteiger partial charge in [-0.2, -0.15) is 0 Å². The number of hydrogen-bond acceptors (Lipinski definition) is 3. The van der Waals surface area contributed by atoms with Gasteiger partial charge >= 0.3 is 6.03 Å². The van der Waals surface area contributed by atoms with Crippen LogP contribution in [0, 0.1) is 5.92 Å². The van der Waals surface area contributed by atoms with Crippen LogP contribution in [-0.4, -0.2) is 41.9 Å². The second kappa shape index (κ2) is 8.47. The molecule has 0 spiro atoms. The Kier molecular flexibility index (Phi) is 6.35. The molecule has 1 atom stereocenters. The van der Waals surface area contributed by atoms with E-state index < -0.39 is 12.1 Å². The summed E-state index contributed by atoms with van der Waals surface area (Å²) >= 11 is 0. The Morgan fingerprint density at radius 2 is 1.92 bits per heavy atom. The van der Waals surface area contributed by atoms with Gasteiger partial charge in [-0.25, -0.2) is 4.79 Å². The Morgan fingerprint density at radius 3 is 2.54 bits per heavy atom. The summed E-state index contributed by atoms with van der Waals surface area (Å²) in [5, 5.41) is 5.38. The number of amides is 4. The molecule has 1 saturated heterocycles. The first-order valence-corrected chi connectivity index (χ1v) is 8.41. The Balaban J connectivity index is 1.66. The van der Waals surface area contributed by atoms with Crippen molar-refractivity contribution in [1.82, 2.24) is 15.5 Å². The van der Waals surface area contributed by atoms with Crippen molar-refractivity contribution in [3.8, 4) is 0 Å². The van der Waals surface area contributed by atoms with Gasteiger partial charge in [0, 0.05) is 6.54 Å². The zero-order chi connectivity index (χ0) is 17.5. The number of carbonyl (C=O) groups is 3. The van der Waals surface area contributed by atoms with Crippen molar-refractivity contribution in [3.63, 3.8) is 0 Å². The predicted molar refractivity (Wildman–Crippen MR) is 91.3 cm³/mol. The molecule has 0 unspecified atom stereocenters. The molecule has 1 aromatic rings. The number of carbonyl (C=O) groups excluding carboxylic acids is 3. The largest absolute Gasteiger partial charge is 0.355 e. The van der Waals surface area contributed by atoms with E-state index >= 15 is 0 Å². The van der Waals surface area contributed by atoms with Crippen LogP contribution in [0.3, 0.4) is 0 Å².